The minimum absolute atomic E-state index is 0.0375. The predicted molar refractivity (Wildman–Crippen MR) is 150 cm³/mol. The molecular formula is C31H31FN2O5. The van der Waals surface area contributed by atoms with Gasteiger partial charge < -0.3 is 24.1 Å². The number of benzene rings is 3. The first-order chi connectivity index (χ1) is 18.9. The molecule has 7 nitrogen and oxygen atoms in total. The molecule has 1 aliphatic heterocycles. The van der Waals surface area contributed by atoms with Crippen LogP contribution in [0.1, 0.15) is 37.5 Å². The highest BCUT2D eigenvalue weighted by Gasteiger charge is 2.18. The van der Waals surface area contributed by atoms with E-state index in [1.807, 2.05) is 31.2 Å². The van der Waals surface area contributed by atoms with Gasteiger partial charge in [0.15, 0.2) is 6.61 Å². The van der Waals surface area contributed by atoms with Gasteiger partial charge in [-0.1, -0.05) is 6.92 Å². The molecule has 0 unspecified atom stereocenters. The first-order valence-corrected chi connectivity index (χ1v) is 13.2. The Kier molecular flexibility index (Phi) is 7.81. The second kappa shape index (κ2) is 11.6. The Labute approximate surface area is 226 Å². The van der Waals surface area contributed by atoms with Crippen molar-refractivity contribution in [2.24, 2.45) is 0 Å². The van der Waals surface area contributed by atoms with Crippen molar-refractivity contribution in [1.29, 1.82) is 0 Å². The number of nitrogens with one attached hydrogen (secondary N) is 1. The van der Waals surface area contributed by atoms with Crippen molar-refractivity contribution < 1.29 is 23.1 Å². The van der Waals surface area contributed by atoms with E-state index in [0.29, 0.717) is 34.6 Å². The lowest BCUT2D eigenvalue weighted by atomic mass is 10.1. The molecule has 1 aromatic heterocycles. The van der Waals surface area contributed by atoms with Crippen molar-refractivity contribution in [3.05, 3.63) is 88.0 Å². The maximum absolute atomic E-state index is 13.2. The lowest BCUT2D eigenvalue weighted by Gasteiger charge is -2.28. The Morgan fingerprint density at radius 3 is 2.44 bits per heavy atom. The van der Waals surface area contributed by atoms with E-state index in [-0.39, 0.29) is 29.5 Å². The fourth-order valence-corrected chi connectivity index (χ4v) is 4.76. The van der Waals surface area contributed by atoms with Crippen LogP contribution in [0.5, 0.6) is 17.2 Å². The highest BCUT2D eigenvalue weighted by Crippen LogP contribution is 2.30. The molecule has 0 atom stereocenters. The fraction of sp³-hybridized carbons (Fsp3) is 0.290. The van der Waals surface area contributed by atoms with Crippen LogP contribution in [0.2, 0.25) is 0 Å². The molecule has 1 amide bonds. The van der Waals surface area contributed by atoms with Gasteiger partial charge in [0.05, 0.1) is 5.39 Å². The van der Waals surface area contributed by atoms with E-state index in [9.17, 15) is 14.0 Å². The largest absolute Gasteiger partial charge is 0.483 e. The number of rotatable bonds is 8. The molecule has 1 N–H and O–H groups in total. The van der Waals surface area contributed by atoms with E-state index in [4.69, 9.17) is 13.9 Å². The minimum atomic E-state index is -0.399. The average molecular weight is 531 g/mol. The average Bonchev–Trinajstić information content (AvgIpc) is 2.95. The van der Waals surface area contributed by atoms with Crippen LogP contribution in [-0.2, 0) is 11.2 Å². The van der Waals surface area contributed by atoms with Crippen LogP contribution in [0.15, 0.2) is 69.9 Å². The molecule has 0 bridgehead atoms. The summed E-state index contributed by atoms with van der Waals surface area (Å²) in [5.74, 6) is 0.422. The summed E-state index contributed by atoms with van der Waals surface area (Å²) in [6, 6.07) is 16.6. The number of hydrogen-bond acceptors (Lipinski definition) is 6. The normalized spacial score (nSPS) is 13.4. The zero-order valence-corrected chi connectivity index (χ0v) is 22.1. The van der Waals surface area contributed by atoms with E-state index < -0.39 is 5.82 Å². The van der Waals surface area contributed by atoms with E-state index in [1.165, 1.54) is 43.5 Å². The Morgan fingerprint density at radius 1 is 1.03 bits per heavy atom. The number of anilines is 2. The van der Waals surface area contributed by atoms with Crippen LogP contribution in [0.25, 0.3) is 11.0 Å². The number of piperidine rings is 1. The topological polar surface area (TPSA) is 81.0 Å². The number of amides is 1. The number of nitrogens with zero attached hydrogens (tertiary/aromatic N) is 1. The molecule has 202 valence electrons. The van der Waals surface area contributed by atoms with Crippen molar-refractivity contribution in [2.45, 2.75) is 39.5 Å². The van der Waals surface area contributed by atoms with Gasteiger partial charge in [-0.2, -0.15) is 0 Å². The van der Waals surface area contributed by atoms with Crippen molar-refractivity contribution in [1.82, 2.24) is 0 Å². The van der Waals surface area contributed by atoms with Crippen LogP contribution < -0.4 is 25.1 Å². The minimum Gasteiger partial charge on any atom is -0.483 e. The lowest BCUT2D eigenvalue weighted by Crippen LogP contribution is -2.29. The lowest BCUT2D eigenvalue weighted by molar-refractivity contribution is -0.118. The molecular weight excluding hydrogens is 499 g/mol. The SMILES string of the molecule is CCc1cc2c(=O)c(Oc3ccc(F)cc3)c(C)oc2cc1OCC(=O)Nc1ccc(N2CCCCC2)cc1. The van der Waals surface area contributed by atoms with Gasteiger partial charge in [0.1, 0.15) is 28.7 Å². The second-order valence-corrected chi connectivity index (χ2v) is 9.61. The maximum atomic E-state index is 13.2. The summed E-state index contributed by atoms with van der Waals surface area (Å²) >= 11 is 0. The third-order valence-corrected chi connectivity index (χ3v) is 6.84. The highest BCUT2D eigenvalue weighted by molar-refractivity contribution is 5.92. The van der Waals surface area contributed by atoms with Gasteiger partial charge in [0, 0.05) is 30.5 Å². The van der Waals surface area contributed by atoms with Gasteiger partial charge in [0.25, 0.3) is 5.91 Å². The monoisotopic (exact) mass is 530 g/mol. The third kappa shape index (κ3) is 6.06. The number of fused-ring (bicyclic) bond motifs is 1. The van der Waals surface area contributed by atoms with Gasteiger partial charge in [-0.3, -0.25) is 9.59 Å². The van der Waals surface area contributed by atoms with Crippen LogP contribution in [0.4, 0.5) is 15.8 Å². The number of ether oxygens (including phenoxy) is 2. The van der Waals surface area contributed by atoms with Crippen LogP contribution in [-0.4, -0.2) is 25.6 Å². The number of aryl methyl sites for hydroxylation is 2. The van der Waals surface area contributed by atoms with Gasteiger partial charge in [-0.05, 0) is 92.8 Å². The maximum Gasteiger partial charge on any atom is 0.262 e. The van der Waals surface area contributed by atoms with Crippen LogP contribution >= 0.6 is 0 Å². The number of carbonyl (C=O) groups is 1. The smallest absolute Gasteiger partial charge is 0.262 e. The molecule has 1 aliphatic rings. The molecule has 1 fully saturated rings. The number of halogens is 1. The molecule has 4 aromatic rings. The molecule has 1 saturated heterocycles. The van der Waals surface area contributed by atoms with Crippen molar-refractivity contribution >= 4 is 28.3 Å². The zero-order chi connectivity index (χ0) is 27.4. The first-order valence-electron chi connectivity index (χ1n) is 13.2. The van der Waals surface area contributed by atoms with Crippen molar-refractivity contribution in [3.63, 3.8) is 0 Å². The first kappa shape index (κ1) is 26.3. The molecule has 0 saturated carbocycles. The molecule has 2 heterocycles. The number of carbonyl (C=O) groups excluding carboxylic acids is 1. The Bertz CT molecular complexity index is 1520. The summed E-state index contributed by atoms with van der Waals surface area (Å²) in [7, 11) is 0. The van der Waals surface area contributed by atoms with Crippen LogP contribution in [0.3, 0.4) is 0 Å². The van der Waals surface area contributed by atoms with E-state index in [0.717, 1.165) is 24.3 Å². The Morgan fingerprint density at radius 2 is 1.74 bits per heavy atom. The van der Waals surface area contributed by atoms with E-state index in [2.05, 4.69) is 10.2 Å². The molecule has 0 spiro atoms. The number of hydrogen-bond donors (Lipinski definition) is 1. The third-order valence-electron chi connectivity index (χ3n) is 6.84. The standard InChI is InChI=1S/C31H31FN2O5/c1-3-21-17-26-28(38-20(2)31(30(26)36)39-25-13-7-22(32)8-14-25)18-27(21)37-19-29(35)33-23-9-11-24(12-10-23)34-15-5-4-6-16-34/h7-14,17-18H,3-6,15-16,19H2,1-2H3,(H,33,35). The molecule has 8 heteroatoms. The fourth-order valence-electron chi connectivity index (χ4n) is 4.76. The molecule has 3 aromatic carbocycles. The summed E-state index contributed by atoms with van der Waals surface area (Å²) < 4.78 is 30.7. The summed E-state index contributed by atoms with van der Waals surface area (Å²) in [6.07, 6.45) is 4.27. The summed E-state index contributed by atoms with van der Waals surface area (Å²) in [4.78, 5) is 28.2. The molecule has 5 rings (SSSR count). The predicted octanol–water partition coefficient (Wildman–Crippen LogP) is 6.60. The molecule has 0 aliphatic carbocycles. The summed E-state index contributed by atoms with van der Waals surface area (Å²) in [5, 5.41) is 3.21. The summed E-state index contributed by atoms with van der Waals surface area (Å²) in [6.45, 7) is 5.49. The summed E-state index contributed by atoms with van der Waals surface area (Å²) in [5.41, 5.74) is 2.60. The Hall–Kier alpha value is -4.33. The quantitative estimate of drug-likeness (QED) is 0.276. The van der Waals surface area contributed by atoms with Crippen molar-refractivity contribution in [2.75, 3.05) is 29.9 Å². The second-order valence-electron chi connectivity index (χ2n) is 9.61. The van der Waals surface area contributed by atoms with E-state index >= 15 is 0 Å². The van der Waals surface area contributed by atoms with Gasteiger partial charge in [-0.25, -0.2) is 4.39 Å². The van der Waals surface area contributed by atoms with Crippen LogP contribution in [0, 0.1) is 12.7 Å². The molecule has 0 radical (unpaired) electrons. The van der Waals surface area contributed by atoms with Gasteiger partial charge >= 0.3 is 0 Å². The Balaban J connectivity index is 1.28. The van der Waals surface area contributed by atoms with Gasteiger partial charge in [-0.15, -0.1) is 0 Å². The highest BCUT2D eigenvalue weighted by atomic mass is 19.1. The van der Waals surface area contributed by atoms with E-state index in [1.54, 1.807) is 19.1 Å². The molecule has 39 heavy (non-hydrogen) atoms. The van der Waals surface area contributed by atoms with Crippen molar-refractivity contribution in [3.8, 4) is 17.2 Å². The zero-order valence-electron chi connectivity index (χ0n) is 22.1. The van der Waals surface area contributed by atoms with Gasteiger partial charge in [0.2, 0.25) is 11.2 Å².